The Morgan fingerprint density at radius 2 is 1.71 bits per heavy atom. The number of nitrogens with zero attached hydrogens (tertiary/aromatic N) is 2. The van der Waals surface area contributed by atoms with Gasteiger partial charge in [-0.15, -0.1) is 0 Å². The molecule has 122 valence electrons. The summed E-state index contributed by atoms with van der Waals surface area (Å²) in [5.74, 6) is -0.632. The van der Waals surface area contributed by atoms with E-state index in [0.717, 1.165) is 10.7 Å². The first-order chi connectivity index (χ1) is 11.4. The van der Waals surface area contributed by atoms with Gasteiger partial charge in [0, 0.05) is 4.47 Å². The van der Waals surface area contributed by atoms with Crippen molar-refractivity contribution in [1.82, 2.24) is 14.7 Å². The fraction of sp³-hybridized carbons (Fsp3) is 0.0625. The largest absolute Gasteiger partial charge is 0.283 e. The van der Waals surface area contributed by atoms with E-state index in [1.54, 1.807) is 48.5 Å². The van der Waals surface area contributed by atoms with Crippen LogP contribution >= 0.6 is 15.9 Å². The van der Waals surface area contributed by atoms with Gasteiger partial charge in [-0.2, -0.15) is 8.42 Å². The van der Waals surface area contributed by atoms with E-state index in [9.17, 15) is 13.2 Å². The molecule has 2 aromatic carbocycles. The summed E-state index contributed by atoms with van der Waals surface area (Å²) in [4.78, 5) is 20.1. The molecule has 1 heterocycles. The van der Waals surface area contributed by atoms with Gasteiger partial charge in [-0.05, 0) is 29.8 Å². The molecule has 0 aliphatic heterocycles. The number of amides is 1. The van der Waals surface area contributed by atoms with Crippen LogP contribution < -0.4 is 4.72 Å². The van der Waals surface area contributed by atoms with Crippen molar-refractivity contribution >= 4 is 42.9 Å². The van der Waals surface area contributed by atoms with Crippen LogP contribution in [-0.2, 0) is 21.2 Å². The smallest absolute Gasteiger partial charge is 0.274 e. The average molecular weight is 406 g/mol. The summed E-state index contributed by atoms with van der Waals surface area (Å²) < 4.78 is 27.5. The number of carbonyl (C=O) groups excluding carboxylic acids is 1. The molecular weight excluding hydrogens is 394 g/mol. The molecule has 1 amide bonds. The fourth-order valence-electron chi connectivity index (χ4n) is 2.10. The molecule has 6 nitrogen and oxygen atoms in total. The van der Waals surface area contributed by atoms with Crippen molar-refractivity contribution in [3.8, 4) is 0 Å². The molecule has 1 aromatic heterocycles. The molecular formula is C16H12BrN3O3S. The maximum absolute atomic E-state index is 12.3. The molecule has 0 bridgehead atoms. The summed E-state index contributed by atoms with van der Waals surface area (Å²) in [6.45, 7) is 0. The Labute approximate surface area is 147 Å². The van der Waals surface area contributed by atoms with Gasteiger partial charge in [-0.1, -0.05) is 40.2 Å². The SMILES string of the molecule is O=C(Cc1ccc(Br)cc1)NS(=O)(=O)c1cnc2ccccc2n1. The van der Waals surface area contributed by atoms with Crippen LogP contribution in [0.1, 0.15) is 5.56 Å². The summed E-state index contributed by atoms with van der Waals surface area (Å²) in [5.41, 5.74) is 1.73. The highest BCUT2D eigenvalue weighted by Gasteiger charge is 2.20. The Bertz CT molecular complexity index is 1000. The third-order valence-electron chi connectivity index (χ3n) is 3.23. The third kappa shape index (κ3) is 3.77. The predicted octanol–water partition coefficient (Wildman–Crippen LogP) is 2.44. The van der Waals surface area contributed by atoms with Crippen molar-refractivity contribution in [3.05, 3.63) is 64.8 Å². The summed E-state index contributed by atoms with van der Waals surface area (Å²) in [6, 6.07) is 14.0. The van der Waals surface area contributed by atoms with Gasteiger partial charge in [-0.3, -0.25) is 9.78 Å². The lowest BCUT2D eigenvalue weighted by Crippen LogP contribution is -2.32. The second-order valence-corrected chi connectivity index (χ2v) is 7.57. The standard InChI is InChI=1S/C16H12BrN3O3S/c17-12-7-5-11(6-8-12)9-15(21)20-24(22,23)16-10-18-13-3-1-2-4-14(13)19-16/h1-8,10H,9H2,(H,20,21). The number of hydrogen-bond acceptors (Lipinski definition) is 5. The van der Waals surface area contributed by atoms with Gasteiger partial charge in [0.2, 0.25) is 5.91 Å². The van der Waals surface area contributed by atoms with Crippen LogP contribution in [0.15, 0.2) is 64.2 Å². The van der Waals surface area contributed by atoms with Crippen LogP contribution in [0, 0.1) is 0 Å². The number of carbonyl (C=O) groups is 1. The number of hydrogen-bond donors (Lipinski definition) is 1. The monoisotopic (exact) mass is 405 g/mol. The Kier molecular flexibility index (Phi) is 4.59. The molecule has 0 atom stereocenters. The molecule has 0 aliphatic carbocycles. The van der Waals surface area contributed by atoms with Crippen LogP contribution in [0.5, 0.6) is 0 Å². The zero-order chi connectivity index (χ0) is 17.2. The number of aromatic nitrogens is 2. The summed E-state index contributed by atoms with van der Waals surface area (Å²) in [5, 5.41) is -0.287. The van der Waals surface area contributed by atoms with E-state index < -0.39 is 15.9 Å². The summed E-state index contributed by atoms with van der Waals surface area (Å²) in [7, 11) is -4.06. The Morgan fingerprint density at radius 1 is 1.04 bits per heavy atom. The van der Waals surface area contributed by atoms with E-state index in [1.165, 1.54) is 0 Å². The second kappa shape index (κ2) is 6.66. The third-order valence-corrected chi connectivity index (χ3v) is 5.00. The minimum absolute atomic E-state index is 0.0481. The van der Waals surface area contributed by atoms with Gasteiger partial charge in [0.05, 0.1) is 23.7 Å². The zero-order valence-electron chi connectivity index (χ0n) is 12.3. The number of sulfonamides is 1. The van der Waals surface area contributed by atoms with Crippen LogP contribution in [0.25, 0.3) is 11.0 Å². The number of rotatable bonds is 4. The molecule has 0 fully saturated rings. The Morgan fingerprint density at radius 3 is 2.42 bits per heavy atom. The topological polar surface area (TPSA) is 89.0 Å². The molecule has 3 rings (SSSR count). The predicted molar refractivity (Wildman–Crippen MR) is 92.7 cm³/mol. The summed E-state index contributed by atoms with van der Waals surface area (Å²) in [6.07, 6.45) is 1.09. The van der Waals surface area contributed by atoms with Crippen molar-refractivity contribution in [2.24, 2.45) is 0 Å². The van der Waals surface area contributed by atoms with E-state index in [-0.39, 0.29) is 11.4 Å². The molecule has 1 N–H and O–H groups in total. The minimum atomic E-state index is -4.06. The number of para-hydroxylation sites is 2. The van der Waals surface area contributed by atoms with Crippen molar-refractivity contribution in [2.45, 2.75) is 11.4 Å². The number of benzene rings is 2. The van der Waals surface area contributed by atoms with Crippen molar-refractivity contribution in [1.29, 1.82) is 0 Å². The molecule has 0 unspecified atom stereocenters. The van der Waals surface area contributed by atoms with Gasteiger partial charge < -0.3 is 0 Å². The van der Waals surface area contributed by atoms with E-state index in [0.29, 0.717) is 16.6 Å². The lowest BCUT2D eigenvalue weighted by Gasteiger charge is -2.07. The van der Waals surface area contributed by atoms with Crippen molar-refractivity contribution in [2.75, 3.05) is 0 Å². The Hall–Kier alpha value is -2.32. The zero-order valence-corrected chi connectivity index (χ0v) is 14.7. The van der Waals surface area contributed by atoms with Gasteiger partial charge in [0.15, 0.2) is 5.03 Å². The molecule has 0 aliphatic rings. The second-order valence-electron chi connectivity index (χ2n) is 5.03. The fourth-order valence-corrected chi connectivity index (χ4v) is 3.25. The average Bonchev–Trinajstić information content (AvgIpc) is 2.56. The van der Waals surface area contributed by atoms with Crippen LogP contribution in [-0.4, -0.2) is 24.3 Å². The van der Waals surface area contributed by atoms with Crippen molar-refractivity contribution in [3.63, 3.8) is 0 Å². The first-order valence-electron chi connectivity index (χ1n) is 6.96. The molecule has 0 spiro atoms. The highest BCUT2D eigenvalue weighted by atomic mass is 79.9. The van der Waals surface area contributed by atoms with E-state index in [4.69, 9.17) is 0 Å². The molecule has 8 heteroatoms. The summed E-state index contributed by atoms with van der Waals surface area (Å²) >= 11 is 3.30. The van der Waals surface area contributed by atoms with Crippen LogP contribution in [0.4, 0.5) is 0 Å². The van der Waals surface area contributed by atoms with Crippen LogP contribution in [0.3, 0.4) is 0 Å². The molecule has 24 heavy (non-hydrogen) atoms. The number of nitrogens with one attached hydrogen (secondary N) is 1. The lowest BCUT2D eigenvalue weighted by molar-refractivity contribution is -0.118. The quantitative estimate of drug-likeness (QED) is 0.719. The lowest BCUT2D eigenvalue weighted by atomic mass is 10.1. The van der Waals surface area contributed by atoms with Crippen molar-refractivity contribution < 1.29 is 13.2 Å². The minimum Gasteiger partial charge on any atom is -0.274 e. The van der Waals surface area contributed by atoms with Crippen LogP contribution in [0.2, 0.25) is 0 Å². The molecule has 0 radical (unpaired) electrons. The molecule has 3 aromatic rings. The maximum atomic E-state index is 12.3. The van der Waals surface area contributed by atoms with Gasteiger partial charge in [-0.25, -0.2) is 9.71 Å². The normalized spacial score (nSPS) is 11.4. The molecule has 0 saturated heterocycles. The van der Waals surface area contributed by atoms with E-state index in [1.807, 2.05) is 4.72 Å². The Balaban J connectivity index is 1.79. The van der Waals surface area contributed by atoms with Gasteiger partial charge in [0.25, 0.3) is 10.0 Å². The van der Waals surface area contributed by atoms with Gasteiger partial charge >= 0.3 is 0 Å². The maximum Gasteiger partial charge on any atom is 0.283 e. The first-order valence-corrected chi connectivity index (χ1v) is 9.23. The highest BCUT2D eigenvalue weighted by molar-refractivity contribution is 9.10. The number of halogens is 1. The molecule has 0 saturated carbocycles. The van der Waals surface area contributed by atoms with E-state index >= 15 is 0 Å². The highest BCUT2D eigenvalue weighted by Crippen LogP contribution is 2.13. The van der Waals surface area contributed by atoms with E-state index in [2.05, 4.69) is 25.9 Å². The number of fused-ring (bicyclic) bond motifs is 1. The first kappa shape index (κ1) is 16.5. The van der Waals surface area contributed by atoms with Gasteiger partial charge in [0.1, 0.15) is 0 Å².